The lowest BCUT2D eigenvalue weighted by Gasteiger charge is -2.19. The number of methoxy groups -OCH3 is 1. The third kappa shape index (κ3) is 7.09. The Morgan fingerprint density at radius 1 is 1.03 bits per heavy atom. The van der Waals surface area contributed by atoms with E-state index in [4.69, 9.17) is 15.2 Å². The van der Waals surface area contributed by atoms with Gasteiger partial charge >= 0.3 is 5.97 Å². The molecule has 178 valence electrons. The fourth-order valence-electron chi connectivity index (χ4n) is 3.24. The second-order valence-electron chi connectivity index (χ2n) is 7.48. The number of nitrogens with two attached hydrogens (primary N) is 1. The van der Waals surface area contributed by atoms with Crippen molar-refractivity contribution in [1.29, 1.82) is 0 Å². The first-order valence-electron chi connectivity index (χ1n) is 10.4. The van der Waals surface area contributed by atoms with E-state index in [1.54, 1.807) is 42.5 Å². The summed E-state index contributed by atoms with van der Waals surface area (Å²) < 4.78 is 39.0. The predicted molar refractivity (Wildman–Crippen MR) is 130 cm³/mol. The SMILES string of the molecule is C=C(N)Nc1cccc(COc2cccc(C(CC(=O)OC)NS(=O)(=O)c3ccccc3)c2)c1. The molecule has 0 amide bonds. The lowest BCUT2D eigenvalue weighted by atomic mass is 10.0. The molecule has 4 N–H and O–H groups in total. The largest absolute Gasteiger partial charge is 0.489 e. The maximum Gasteiger partial charge on any atom is 0.307 e. The van der Waals surface area contributed by atoms with Gasteiger partial charge in [-0.25, -0.2) is 13.1 Å². The highest BCUT2D eigenvalue weighted by Crippen LogP contribution is 2.25. The monoisotopic (exact) mass is 481 g/mol. The molecule has 1 atom stereocenters. The summed E-state index contributed by atoms with van der Waals surface area (Å²) in [4.78, 5) is 12.1. The number of rotatable bonds is 11. The van der Waals surface area contributed by atoms with Crippen LogP contribution in [0.1, 0.15) is 23.6 Å². The van der Waals surface area contributed by atoms with Crippen LogP contribution in [0.25, 0.3) is 0 Å². The van der Waals surface area contributed by atoms with E-state index in [0.717, 1.165) is 11.3 Å². The third-order valence-corrected chi connectivity index (χ3v) is 6.33. The number of ether oxygens (including phenoxy) is 2. The highest BCUT2D eigenvalue weighted by molar-refractivity contribution is 7.89. The van der Waals surface area contributed by atoms with E-state index in [-0.39, 0.29) is 17.9 Å². The topological polar surface area (TPSA) is 120 Å². The zero-order valence-corrected chi connectivity index (χ0v) is 19.5. The molecule has 3 aromatic rings. The van der Waals surface area contributed by atoms with Crippen LogP contribution in [0.4, 0.5) is 5.69 Å². The molecular weight excluding hydrogens is 454 g/mol. The standard InChI is InChI=1S/C25H27N3O5S/c1-18(26)27-21-10-6-8-19(14-21)17-33-22-11-7-9-20(15-22)24(16-25(29)32-2)28-34(30,31)23-12-4-3-5-13-23/h3-15,24,27-28H,1,16-17,26H2,2H3. The molecule has 1 unspecified atom stereocenters. The molecule has 0 spiro atoms. The number of carbonyl (C=O) groups excluding carboxylic acids is 1. The van der Waals surface area contributed by atoms with Gasteiger partial charge in [0.25, 0.3) is 0 Å². The van der Waals surface area contributed by atoms with E-state index in [1.807, 2.05) is 24.3 Å². The van der Waals surface area contributed by atoms with E-state index in [2.05, 4.69) is 16.6 Å². The Balaban J connectivity index is 1.79. The van der Waals surface area contributed by atoms with Crippen molar-refractivity contribution in [3.05, 3.63) is 102 Å². The lowest BCUT2D eigenvalue weighted by molar-refractivity contribution is -0.141. The van der Waals surface area contributed by atoms with E-state index < -0.39 is 22.0 Å². The zero-order valence-electron chi connectivity index (χ0n) is 18.7. The predicted octanol–water partition coefficient (Wildman–Crippen LogP) is 3.69. The fraction of sp³-hybridized carbons (Fsp3) is 0.160. The number of nitrogens with one attached hydrogen (secondary N) is 2. The van der Waals surface area contributed by atoms with Crippen LogP contribution < -0.4 is 20.5 Å². The van der Waals surface area contributed by atoms with Gasteiger partial charge in [-0.15, -0.1) is 0 Å². The number of sulfonamides is 1. The Bertz CT molecular complexity index is 1250. The second kappa shape index (κ2) is 11.4. The molecule has 3 aromatic carbocycles. The van der Waals surface area contributed by atoms with Crippen LogP contribution in [0, 0.1) is 0 Å². The lowest BCUT2D eigenvalue weighted by Crippen LogP contribution is -2.30. The number of anilines is 1. The van der Waals surface area contributed by atoms with Crippen molar-refractivity contribution in [2.24, 2.45) is 5.73 Å². The van der Waals surface area contributed by atoms with Gasteiger partial charge in [0.2, 0.25) is 10.0 Å². The van der Waals surface area contributed by atoms with Gasteiger partial charge in [0.15, 0.2) is 0 Å². The normalized spacial score (nSPS) is 11.9. The average Bonchev–Trinajstić information content (AvgIpc) is 2.82. The maximum absolute atomic E-state index is 12.9. The van der Waals surface area contributed by atoms with Crippen LogP contribution in [0.5, 0.6) is 5.75 Å². The third-order valence-electron chi connectivity index (χ3n) is 4.85. The van der Waals surface area contributed by atoms with Crippen molar-refractivity contribution in [2.45, 2.75) is 24.0 Å². The van der Waals surface area contributed by atoms with E-state index in [1.165, 1.54) is 19.2 Å². The minimum absolute atomic E-state index is 0.103. The Hall–Kier alpha value is -3.82. The summed E-state index contributed by atoms with van der Waals surface area (Å²) >= 11 is 0. The molecule has 0 saturated heterocycles. The molecule has 0 aliphatic heterocycles. The van der Waals surface area contributed by atoms with Gasteiger partial charge in [0.05, 0.1) is 30.3 Å². The van der Waals surface area contributed by atoms with Crippen molar-refractivity contribution in [2.75, 3.05) is 12.4 Å². The molecule has 0 aromatic heterocycles. The Kier molecular flexibility index (Phi) is 8.29. The van der Waals surface area contributed by atoms with Gasteiger partial charge in [0.1, 0.15) is 12.4 Å². The number of carbonyl (C=O) groups is 1. The van der Waals surface area contributed by atoms with Gasteiger partial charge in [-0.3, -0.25) is 4.79 Å². The highest BCUT2D eigenvalue weighted by Gasteiger charge is 2.24. The summed E-state index contributed by atoms with van der Waals surface area (Å²) in [6.07, 6.45) is -0.178. The number of benzene rings is 3. The first kappa shape index (κ1) is 24.8. The minimum atomic E-state index is -3.87. The van der Waals surface area contributed by atoms with Gasteiger partial charge in [-0.1, -0.05) is 49.0 Å². The Morgan fingerprint density at radius 3 is 2.47 bits per heavy atom. The Labute approximate surface area is 199 Å². The highest BCUT2D eigenvalue weighted by atomic mass is 32.2. The van der Waals surface area contributed by atoms with Gasteiger partial charge in [-0.05, 0) is 47.5 Å². The molecule has 3 rings (SSSR count). The summed E-state index contributed by atoms with van der Waals surface area (Å²) in [6.45, 7) is 3.90. The van der Waals surface area contributed by atoms with Gasteiger partial charge in [0, 0.05) is 5.69 Å². The van der Waals surface area contributed by atoms with Gasteiger partial charge < -0.3 is 20.5 Å². The van der Waals surface area contributed by atoms with Crippen LogP contribution in [0.3, 0.4) is 0 Å². The van der Waals surface area contributed by atoms with Crippen LogP contribution in [0.15, 0.2) is 96.2 Å². The first-order valence-corrected chi connectivity index (χ1v) is 11.9. The molecule has 0 bridgehead atoms. The summed E-state index contributed by atoms with van der Waals surface area (Å²) in [7, 11) is -2.61. The van der Waals surface area contributed by atoms with Crippen LogP contribution in [-0.4, -0.2) is 21.5 Å². The number of esters is 1. The molecular formula is C25H27N3O5S. The van der Waals surface area contributed by atoms with Gasteiger partial charge in [-0.2, -0.15) is 0 Å². The molecule has 0 aliphatic carbocycles. The molecule has 0 heterocycles. The van der Waals surface area contributed by atoms with E-state index in [9.17, 15) is 13.2 Å². The number of hydrogen-bond donors (Lipinski definition) is 3. The van der Waals surface area contributed by atoms with Crippen LogP contribution >= 0.6 is 0 Å². The van der Waals surface area contributed by atoms with Crippen LogP contribution in [-0.2, 0) is 26.2 Å². The van der Waals surface area contributed by atoms with Crippen LogP contribution in [0.2, 0.25) is 0 Å². The molecule has 0 saturated carbocycles. The van der Waals surface area contributed by atoms with Crippen molar-refractivity contribution in [1.82, 2.24) is 4.72 Å². The Morgan fingerprint density at radius 2 is 1.76 bits per heavy atom. The van der Waals surface area contributed by atoms with Crippen molar-refractivity contribution < 1.29 is 22.7 Å². The van der Waals surface area contributed by atoms with Crippen molar-refractivity contribution in [3.8, 4) is 5.75 Å². The summed E-state index contributed by atoms with van der Waals surface area (Å²) in [5.74, 6) is 0.311. The molecule has 9 heteroatoms. The van der Waals surface area contributed by atoms with E-state index >= 15 is 0 Å². The zero-order chi connectivity index (χ0) is 24.6. The summed E-state index contributed by atoms with van der Waals surface area (Å²) in [5.41, 5.74) is 7.84. The van der Waals surface area contributed by atoms with E-state index in [0.29, 0.717) is 17.1 Å². The molecule has 0 aliphatic rings. The molecule has 0 radical (unpaired) electrons. The quantitative estimate of drug-likeness (QED) is 0.357. The van der Waals surface area contributed by atoms with Crippen molar-refractivity contribution in [3.63, 3.8) is 0 Å². The number of hydrogen-bond acceptors (Lipinski definition) is 7. The van der Waals surface area contributed by atoms with Crippen molar-refractivity contribution >= 4 is 21.7 Å². The maximum atomic E-state index is 12.9. The summed E-state index contributed by atoms with van der Waals surface area (Å²) in [6, 6.07) is 21.6. The average molecular weight is 482 g/mol. The smallest absolute Gasteiger partial charge is 0.307 e. The second-order valence-corrected chi connectivity index (χ2v) is 9.19. The minimum Gasteiger partial charge on any atom is -0.489 e. The summed E-state index contributed by atoms with van der Waals surface area (Å²) in [5, 5.41) is 2.95. The molecule has 8 nitrogen and oxygen atoms in total. The molecule has 0 fully saturated rings. The molecule has 34 heavy (non-hydrogen) atoms. The first-order chi connectivity index (χ1) is 16.3. The fourth-order valence-corrected chi connectivity index (χ4v) is 4.49.